The van der Waals surface area contributed by atoms with Gasteiger partial charge in [0.25, 0.3) is 0 Å². The highest BCUT2D eigenvalue weighted by molar-refractivity contribution is 6.16. The van der Waals surface area contributed by atoms with E-state index in [4.69, 9.17) is 0 Å². The molecule has 1 aromatic heterocycles. The molecule has 0 amide bonds. The minimum atomic E-state index is -0.865. The quantitative estimate of drug-likeness (QED) is 0.663. The van der Waals surface area contributed by atoms with Gasteiger partial charge in [-0.15, -0.1) is 0 Å². The van der Waals surface area contributed by atoms with Crippen molar-refractivity contribution in [1.29, 1.82) is 0 Å². The first-order valence-electron chi connectivity index (χ1n) is 5.99. The molecule has 3 rings (SSSR count). The van der Waals surface area contributed by atoms with Crippen molar-refractivity contribution in [2.45, 2.75) is 0 Å². The second-order valence-corrected chi connectivity index (χ2v) is 4.36. The molecule has 3 aromatic rings. The van der Waals surface area contributed by atoms with Gasteiger partial charge in [0.2, 0.25) is 0 Å². The van der Waals surface area contributed by atoms with Gasteiger partial charge in [-0.2, -0.15) is 0 Å². The van der Waals surface area contributed by atoms with Crippen LogP contribution in [0.1, 0.15) is 15.9 Å². The topological polar surface area (TPSA) is 30.0 Å². The fourth-order valence-corrected chi connectivity index (χ4v) is 2.13. The van der Waals surface area contributed by atoms with E-state index in [9.17, 15) is 13.6 Å². The van der Waals surface area contributed by atoms with Crippen molar-refractivity contribution in [1.82, 2.24) is 4.98 Å². The summed E-state index contributed by atoms with van der Waals surface area (Å²) in [4.78, 5) is 16.4. The molecule has 20 heavy (non-hydrogen) atoms. The predicted molar refractivity (Wildman–Crippen MR) is 71.5 cm³/mol. The third kappa shape index (κ3) is 2.05. The molecule has 2 nitrogen and oxygen atoms in total. The van der Waals surface area contributed by atoms with Gasteiger partial charge in [0.1, 0.15) is 11.6 Å². The van der Waals surface area contributed by atoms with Crippen molar-refractivity contribution in [3.63, 3.8) is 0 Å². The number of fused-ring (bicyclic) bond motifs is 1. The van der Waals surface area contributed by atoms with Gasteiger partial charge in [0, 0.05) is 29.4 Å². The van der Waals surface area contributed by atoms with Gasteiger partial charge in [-0.05, 0) is 23.6 Å². The summed E-state index contributed by atoms with van der Waals surface area (Å²) in [5, 5.41) is 1.48. The van der Waals surface area contributed by atoms with Crippen LogP contribution in [0, 0.1) is 11.6 Å². The molecule has 0 unspecified atom stereocenters. The molecule has 0 spiro atoms. The van der Waals surface area contributed by atoms with Crippen molar-refractivity contribution in [3.8, 4) is 0 Å². The number of ketones is 1. The lowest BCUT2D eigenvalue weighted by Gasteiger charge is -2.06. The first kappa shape index (κ1) is 12.4. The van der Waals surface area contributed by atoms with Gasteiger partial charge >= 0.3 is 0 Å². The van der Waals surface area contributed by atoms with E-state index in [-0.39, 0.29) is 5.56 Å². The zero-order valence-electron chi connectivity index (χ0n) is 10.3. The summed E-state index contributed by atoms with van der Waals surface area (Å²) < 4.78 is 26.6. The molecule has 0 bridgehead atoms. The maximum atomic E-state index is 13.7. The number of hydrogen-bond donors (Lipinski definition) is 0. The number of carbonyl (C=O) groups excluding carboxylic acids is 1. The number of benzene rings is 2. The Morgan fingerprint density at radius 2 is 1.85 bits per heavy atom. The maximum absolute atomic E-state index is 13.7. The zero-order valence-corrected chi connectivity index (χ0v) is 10.3. The Morgan fingerprint density at radius 1 is 1.00 bits per heavy atom. The molecule has 4 heteroatoms. The summed E-state index contributed by atoms with van der Waals surface area (Å²) in [7, 11) is 0. The predicted octanol–water partition coefficient (Wildman–Crippen LogP) is 3.74. The van der Waals surface area contributed by atoms with E-state index in [1.54, 1.807) is 30.6 Å². The van der Waals surface area contributed by atoms with Crippen molar-refractivity contribution in [3.05, 3.63) is 77.6 Å². The summed E-state index contributed by atoms with van der Waals surface area (Å²) in [5.74, 6) is -2.06. The van der Waals surface area contributed by atoms with E-state index in [1.807, 2.05) is 6.07 Å². The Kier molecular flexibility index (Phi) is 2.99. The van der Waals surface area contributed by atoms with E-state index in [0.717, 1.165) is 17.5 Å². The van der Waals surface area contributed by atoms with Crippen LogP contribution in [0.3, 0.4) is 0 Å². The second-order valence-electron chi connectivity index (χ2n) is 4.36. The van der Waals surface area contributed by atoms with Crippen LogP contribution < -0.4 is 0 Å². The van der Waals surface area contributed by atoms with E-state index in [2.05, 4.69) is 4.98 Å². The zero-order chi connectivity index (χ0) is 14.1. The fourth-order valence-electron chi connectivity index (χ4n) is 2.13. The molecule has 0 N–H and O–H groups in total. The van der Waals surface area contributed by atoms with Crippen LogP contribution in [0.5, 0.6) is 0 Å². The fraction of sp³-hybridized carbons (Fsp3) is 0. The SMILES string of the molecule is O=C(c1ccc(F)cc1F)c1cccc2ccncc12. The summed E-state index contributed by atoms with van der Waals surface area (Å²) >= 11 is 0. The van der Waals surface area contributed by atoms with Gasteiger partial charge in [0.05, 0.1) is 5.56 Å². The Morgan fingerprint density at radius 3 is 2.65 bits per heavy atom. The van der Waals surface area contributed by atoms with Gasteiger partial charge in [-0.3, -0.25) is 9.78 Å². The summed E-state index contributed by atoms with van der Waals surface area (Å²) in [5.41, 5.74) is 0.198. The summed E-state index contributed by atoms with van der Waals surface area (Å²) in [6.07, 6.45) is 3.18. The molecule has 0 saturated carbocycles. The molecule has 2 aromatic carbocycles. The molecule has 0 radical (unpaired) electrons. The van der Waals surface area contributed by atoms with E-state index in [0.29, 0.717) is 17.0 Å². The summed E-state index contributed by atoms with van der Waals surface area (Å²) in [6, 6.07) is 9.87. The number of halogens is 2. The highest BCUT2D eigenvalue weighted by Crippen LogP contribution is 2.22. The van der Waals surface area contributed by atoms with E-state index in [1.165, 1.54) is 0 Å². The van der Waals surface area contributed by atoms with Crippen LogP contribution in [0.4, 0.5) is 8.78 Å². The van der Waals surface area contributed by atoms with Gasteiger partial charge in [-0.1, -0.05) is 18.2 Å². The number of carbonyl (C=O) groups is 1. The number of rotatable bonds is 2. The lowest BCUT2D eigenvalue weighted by atomic mass is 9.98. The Balaban J connectivity index is 2.18. The number of pyridine rings is 1. The van der Waals surface area contributed by atoms with Crippen LogP contribution in [-0.2, 0) is 0 Å². The molecule has 0 fully saturated rings. The standard InChI is InChI=1S/C16H9F2NO/c17-11-4-5-13(15(18)8-11)16(20)12-3-1-2-10-6-7-19-9-14(10)12/h1-9H. The second kappa shape index (κ2) is 4.81. The van der Waals surface area contributed by atoms with E-state index < -0.39 is 17.4 Å². The van der Waals surface area contributed by atoms with Crippen molar-refractivity contribution in [2.75, 3.05) is 0 Å². The highest BCUT2D eigenvalue weighted by Gasteiger charge is 2.16. The van der Waals surface area contributed by atoms with Crippen molar-refractivity contribution >= 4 is 16.6 Å². The number of hydrogen-bond acceptors (Lipinski definition) is 2. The Bertz CT molecular complexity index is 809. The number of aromatic nitrogens is 1. The molecule has 0 aliphatic rings. The molecular weight excluding hydrogens is 260 g/mol. The lowest BCUT2D eigenvalue weighted by Crippen LogP contribution is -2.05. The van der Waals surface area contributed by atoms with Crippen molar-refractivity contribution < 1.29 is 13.6 Å². The van der Waals surface area contributed by atoms with Gasteiger partial charge in [-0.25, -0.2) is 8.78 Å². The third-order valence-corrected chi connectivity index (χ3v) is 3.10. The normalized spacial score (nSPS) is 10.7. The van der Waals surface area contributed by atoms with Gasteiger partial charge < -0.3 is 0 Å². The Labute approximate surface area is 113 Å². The van der Waals surface area contributed by atoms with Crippen LogP contribution in [0.25, 0.3) is 10.8 Å². The number of nitrogens with zero attached hydrogens (tertiary/aromatic N) is 1. The van der Waals surface area contributed by atoms with E-state index >= 15 is 0 Å². The molecule has 0 saturated heterocycles. The molecular formula is C16H9F2NO. The van der Waals surface area contributed by atoms with Crippen LogP contribution >= 0.6 is 0 Å². The molecule has 0 aliphatic carbocycles. The van der Waals surface area contributed by atoms with Crippen molar-refractivity contribution in [2.24, 2.45) is 0 Å². The first-order valence-corrected chi connectivity index (χ1v) is 5.99. The lowest BCUT2D eigenvalue weighted by molar-refractivity contribution is 0.103. The Hall–Kier alpha value is -2.62. The molecule has 1 heterocycles. The van der Waals surface area contributed by atoms with Gasteiger partial charge in [0.15, 0.2) is 5.78 Å². The summed E-state index contributed by atoms with van der Waals surface area (Å²) in [6.45, 7) is 0. The largest absolute Gasteiger partial charge is 0.288 e. The smallest absolute Gasteiger partial charge is 0.196 e. The van der Waals surface area contributed by atoms with Crippen LogP contribution in [0.15, 0.2) is 54.9 Å². The average molecular weight is 269 g/mol. The minimum absolute atomic E-state index is 0.150. The highest BCUT2D eigenvalue weighted by atomic mass is 19.1. The third-order valence-electron chi connectivity index (χ3n) is 3.10. The molecule has 0 atom stereocenters. The minimum Gasteiger partial charge on any atom is -0.288 e. The molecule has 98 valence electrons. The molecule has 0 aliphatic heterocycles. The maximum Gasteiger partial charge on any atom is 0.196 e. The average Bonchev–Trinajstić information content (AvgIpc) is 2.46. The first-order chi connectivity index (χ1) is 9.66. The van der Waals surface area contributed by atoms with Crippen LogP contribution in [-0.4, -0.2) is 10.8 Å². The van der Waals surface area contributed by atoms with Crippen LogP contribution in [0.2, 0.25) is 0 Å². The monoisotopic (exact) mass is 269 g/mol.